The molecule has 8 heteroatoms. The zero-order valence-corrected chi connectivity index (χ0v) is 16.6. The van der Waals surface area contributed by atoms with E-state index in [-0.39, 0.29) is 24.4 Å². The molecule has 29 heavy (non-hydrogen) atoms. The summed E-state index contributed by atoms with van der Waals surface area (Å²) in [5, 5.41) is 5.46. The van der Waals surface area contributed by atoms with Crippen LogP contribution in [0.15, 0.2) is 36.4 Å². The maximum absolute atomic E-state index is 12.3. The predicted molar refractivity (Wildman–Crippen MR) is 106 cm³/mol. The van der Waals surface area contributed by atoms with Gasteiger partial charge in [0.15, 0.2) is 23.0 Å². The smallest absolute Gasteiger partial charge is 0.251 e. The molecule has 0 fully saturated rings. The Morgan fingerprint density at radius 2 is 1.72 bits per heavy atom. The maximum Gasteiger partial charge on any atom is 0.251 e. The van der Waals surface area contributed by atoms with Crippen LogP contribution in [0, 0.1) is 0 Å². The summed E-state index contributed by atoms with van der Waals surface area (Å²) in [5.41, 5.74) is 1.25. The Kier molecular flexibility index (Phi) is 6.43. The van der Waals surface area contributed by atoms with Crippen molar-refractivity contribution in [3.8, 4) is 23.0 Å². The molecule has 2 amide bonds. The van der Waals surface area contributed by atoms with Crippen LogP contribution < -0.4 is 29.6 Å². The molecule has 1 unspecified atom stereocenters. The molecular weight excluding hydrogens is 376 g/mol. The summed E-state index contributed by atoms with van der Waals surface area (Å²) in [5.74, 6) is 1.64. The van der Waals surface area contributed by atoms with E-state index in [1.807, 2.05) is 25.1 Å². The third-order valence-electron chi connectivity index (χ3n) is 4.50. The highest BCUT2D eigenvalue weighted by Crippen LogP contribution is 2.32. The lowest BCUT2D eigenvalue weighted by Crippen LogP contribution is -2.38. The SMILES string of the molecule is COc1ccc(C(=O)NCC(=O)NC(C)c2ccc3c(c2)OCCO3)cc1OC. The maximum atomic E-state index is 12.3. The third-order valence-corrected chi connectivity index (χ3v) is 4.50. The summed E-state index contributed by atoms with van der Waals surface area (Å²) < 4.78 is 21.4. The van der Waals surface area contributed by atoms with Crippen molar-refractivity contribution in [1.29, 1.82) is 0 Å². The molecular formula is C21H24N2O6. The Balaban J connectivity index is 1.55. The van der Waals surface area contributed by atoms with Gasteiger partial charge in [-0.2, -0.15) is 0 Å². The number of amides is 2. The third kappa shape index (κ3) is 4.90. The lowest BCUT2D eigenvalue weighted by molar-refractivity contribution is -0.120. The number of fused-ring (bicyclic) bond motifs is 1. The molecule has 0 saturated carbocycles. The minimum Gasteiger partial charge on any atom is -0.493 e. The molecule has 8 nitrogen and oxygen atoms in total. The van der Waals surface area contributed by atoms with Crippen LogP contribution in [-0.2, 0) is 4.79 Å². The van der Waals surface area contributed by atoms with Crippen molar-refractivity contribution in [2.45, 2.75) is 13.0 Å². The molecule has 0 saturated heterocycles. The zero-order chi connectivity index (χ0) is 20.8. The van der Waals surface area contributed by atoms with Gasteiger partial charge in [0.1, 0.15) is 13.2 Å². The topological polar surface area (TPSA) is 95.1 Å². The highest BCUT2D eigenvalue weighted by atomic mass is 16.6. The number of nitrogens with one attached hydrogen (secondary N) is 2. The Morgan fingerprint density at radius 3 is 2.45 bits per heavy atom. The first kappa shape index (κ1) is 20.3. The molecule has 0 bridgehead atoms. The van der Waals surface area contributed by atoms with Crippen molar-refractivity contribution < 1.29 is 28.5 Å². The number of methoxy groups -OCH3 is 2. The highest BCUT2D eigenvalue weighted by molar-refractivity contribution is 5.97. The van der Waals surface area contributed by atoms with Gasteiger partial charge < -0.3 is 29.6 Å². The average Bonchev–Trinajstić information content (AvgIpc) is 2.76. The number of rotatable bonds is 7. The Hall–Kier alpha value is -3.42. The van der Waals surface area contributed by atoms with Gasteiger partial charge in [0.25, 0.3) is 5.91 Å². The van der Waals surface area contributed by atoms with Crippen molar-refractivity contribution in [3.63, 3.8) is 0 Å². The van der Waals surface area contributed by atoms with Crippen LogP contribution in [0.5, 0.6) is 23.0 Å². The van der Waals surface area contributed by atoms with Crippen molar-refractivity contribution in [3.05, 3.63) is 47.5 Å². The van der Waals surface area contributed by atoms with E-state index in [1.54, 1.807) is 18.2 Å². The monoisotopic (exact) mass is 400 g/mol. The van der Waals surface area contributed by atoms with Crippen molar-refractivity contribution in [2.75, 3.05) is 34.0 Å². The summed E-state index contributed by atoms with van der Waals surface area (Å²) in [6.45, 7) is 2.74. The molecule has 2 aromatic rings. The van der Waals surface area contributed by atoms with Gasteiger partial charge in [0, 0.05) is 5.56 Å². The van der Waals surface area contributed by atoms with Crippen LogP contribution in [0.4, 0.5) is 0 Å². The fourth-order valence-corrected chi connectivity index (χ4v) is 2.95. The number of carbonyl (C=O) groups is 2. The molecule has 1 aliphatic rings. The minimum absolute atomic E-state index is 0.151. The van der Waals surface area contributed by atoms with Crippen LogP contribution in [0.25, 0.3) is 0 Å². The van der Waals surface area contributed by atoms with Gasteiger partial charge in [0.05, 0.1) is 26.8 Å². The molecule has 2 N–H and O–H groups in total. The van der Waals surface area contributed by atoms with Crippen LogP contribution in [-0.4, -0.2) is 45.8 Å². The van der Waals surface area contributed by atoms with E-state index in [1.165, 1.54) is 14.2 Å². The highest BCUT2D eigenvalue weighted by Gasteiger charge is 2.17. The summed E-state index contributed by atoms with van der Waals surface area (Å²) >= 11 is 0. The van der Waals surface area contributed by atoms with Gasteiger partial charge in [-0.3, -0.25) is 9.59 Å². The summed E-state index contributed by atoms with van der Waals surface area (Å²) in [7, 11) is 3.01. The first-order valence-corrected chi connectivity index (χ1v) is 9.21. The summed E-state index contributed by atoms with van der Waals surface area (Å²) in [4.78, 5) is 24.6. The average molecular weight is 400 g/mol. The zero-order valence-electron chi connectivity index (χ0n) is 16.6. The molecule has 1 aliphatic heterocycles. The normalized spacial score (nSPS) is 13.2. The molecule has 2 aromatic carbocycles. The van der Waals surface area contributed by atoms with Gasteiger partial charge in [-0.15, -0.1) is 0 Å². The lowest BCUT2D eigenvalue weighted by atomic mass is 10.1. The molecule has 0 spiro atoms. The minimum atomic E-state index is -0.381. The van der Waals surface area contributed by atoms with E-state index in [0.29, 0.717) is 41.8 Å². The largest absolute Gasteiger partial charge is 0.493 e. The lowest BCUT2D eigenvalue weighted by Gasteiger charge is -2.21. The van der Waals surface area contributed by atoms with Gasteiger partial charge >= 0.3 is 0 Å². The van der Waals surface area contributed by atoms with Crippen LogP contribution in [0.2, 0.25) is 0 Å². The van der Waals surface area contributed by atoms with E-state index in [2.05, 4.69) is 10.6 Å². The Bertz CT molecular complexity index is 899. The number of carbonyl (C=O) groups excluding carboxylic acids is 2. The first-order chi connectivity index (χ1) is 14.0. The van der Waals surface area contributed by atoms with E-state index >= 15 is 0 Å². The van der Waals surface area contributed by atoms with Crippen LogP contribution >= 0.6 is 0 Å². The van der Waals surface area contributed by atoms with Gasteiger partial charge in [-0.25, -0.2) is 0 Å². The molecule has 0 radical (unpaired) electrons. The molecule has 1 heterocycles. The van der Waals surface area contributed by atoms with Crippen molar-refractivity contribution >= 4 is 11.8 Å². The van der Waals surface area contributed by atoms with Crippen LogP contribution in [0.3, 0.4) is 0 Å². The van der Waals surface area contributed by atoms with E-state index in [9.17, 15) is 9.59 Å². The van der Waals surface area contributed by atoms with Gasteiger partial charge in [-0.1, -0.05) is 6.07 Å². The quantitative estimate of drug-likeness (QED) is 0.739. The predicted octanol–water partition coefficient (Wildman–Crippen LogP) is 2.08. The van der Waals surface area contributed by atoms with Crippen molar-refractivity contribution in [1.82, 2.24) is 10.6 Å². The Labute approximate surface area is 169 Å². The summed E-state index contributed by atoms with van der Waals surface area (Å²) in [6, 6.07) is 10.1. The van der Waals surface area contributed by atoms with Crippen molar-refractivity contribution in [2.24, 2.45) is 0 Å². The second kappa shape index (κ2) is 9.18. The number of benzene rings is 2. The standard InChI is InChI=1S/C21H24N2O6/c1-13(14-4-7-17-19(10-14)29-9-8-28-17)23-20(24)12-22-21(25)15-5-6-16(26-2)18(11-15)27-3/h4-7,10-11,13H,8-9,12H2,1-3H3,(H,22,25)(H,23,24). The second-order valence-corrected chi connectivity index (χ2v) is 6.44. The molecule has 154 valence electrons. The second-order valence-electron chi connectivity index (χ2n) is 6.44. The van der Waals surface area contributed by atoms with E-state index < -0.39 is 0 Å². The number of hydrogen-bond donors (Lipinski definition) is 2. The fraction of sp³-hybridized carbons (Fsp3) is 0.333. The fourth-order valence-electron chi connectivity index (χ4n) is 2.95. The summed E-state index contributed by atoms with van der Waals surface area (Å²) in [6.07, 6.45) is 0. The van der Waals surface area contributed by atoms with E-state index in [0.717, 1.165) is 5.56 Å². The number of ether oxygens (including phenoxy) is 4. The molecule has 3 rings (SSSR count). The molecule has 0 aliphatic carbocycles. The van der Waals surface area contributed by atoms with Gasteiger partial charge in [0.2, 0.25) is 5.91 Å². The first-order valence-electron chi connectivity index (χ1n) is 9.21. The Morgan fingerprint density at radius 1 is 1.00 bits per heavy atom. The van der Waals surface area contributed by atoms with E-state index in [4.69, 9.17) is 18.9 Å². The molecule has 0 aromatic heterocycles. The number of hydrogen-bond acceptors (Lipinski definition) is 6. The van der Waals surface area contributed by atoms with Crippen LogP contribution in [0.1, 0.15) is 28.9 Å². The molecule has 1 atom stereocenters. The van der Waals surface area contributed by atoms with Gasteiger partial charge in [-0.05, 0) is 42.8 Å².